The van der Waals surface area contributed by atoms with Gasteiger partial charge in [-0.2, -0.15) is 0 Å². The molecule has 0 bridgehead atoms. The molecule has 0 unspecified atom stereocenters. The number of nitrogens with one attached hydrogen (secondary N) is 1. The highest BCUT2D eigenvalue weighted by molar-refractivity contribution is 5.80. The van der Waals surface area contributed by atoms with Crippen molar-refractivity contribution in [1.82, 2.24) is 5.32 Å². The van der Waals surface area contributed by atoms with Gasteiger partial charge in [-0.3, -0.25) is 0 Å². The van der Waals surface area contributed by atoms with Gasteiger partial charge in [0.25, 0.3) is 0 Å². The number of aliphatic carboxylic acids is 1. The van der Waals surface area contributed by atoms with E-state index < -0.39 is 24.2 Å². The molecule has 6 heteroatoms. The lowest BCUT2D eigenvalue weighted by molar-refractivity contribution is -0.143. The molecule has 6 nitrogen and oxygen atoms in total. The summed E-state index contributed by atoms with van der Waals surface area (Å²) in [5.74, 6) is -1.57. The van der Waals surface area contributed by atoms with Crippen molar-refractivity contribution in [2.45, 2.75) is 51.7 Å². The third-order valence-corrected chi connectivity index (χ3v) is 3.75. The average Bonchev–Trinajstić information content (AvgIpc) is 2.55. The van der Waals surface area contributed by atoms with Crippen LogP contribution in [0, 0.1) is 5.92 Å². The summed E-state index contributed by atoms with van der Waals surface area (Å²) in [7, 11) is 0. The number of aliphatic hydroxyl groups excluding tert-OH is 1. The van der Waals surface area contributed by atoms with Crippen LogP contribution in [0.3, 0.4) is 0 Å². The number of carbonyl (C=O) groups excluding carboxylic acids is 1. The molecule has 1 aromatic rings. The second-order valence-corrected chi connectivity index (χ2v) is 6.13. The fraction of sp³-hybridized carbons (Fsp3) is 0.556. The molecule has 0 heterocycles. The molecule has 0 saturated heterocycles. The number of benzene rings is 1. The van der Waals surface area contributed by atoms with E-state index in [1.807, 2.05) is 18.2 Å². The number of carboxylic acid groups (broad SMARTS) is 1. The number of amides is 1. The molecule has 3 N–H and O–H groups in total. The highest BCUT2D eigenvalue weighted by atomic mass is 16.5. The maximum absolute atomic E-state index is 11.6. The fourth-order valence-corrected chi connectivity index (χ4v) is 2.26. The molecule has 0 radical (unpaired) electrons. The molecule has 2 atom stereocenters. The maximum Gasteiger partial charge on any atom is 0.407 e. The van der Waals surface area contributed by atoms with Crippen LogP contribution in [-0.2, 0) is 16.0 Å². The molecule has 0 fully saturated rings. The van der Waals surface area contributed by atoms with Crippen LogP contribution in [0.25, 0.3) is 0 Å². The van der Waals surface area contributed by atoms with Gasteiger partial charge in [-0.1, -0.05) is 44.2 Å². The molecular formula is C18H27NO5. The van der Waals surface area contributed by atoms with Crippen molar-refractivity contribution in [3.8, 4) is 0 Å². The topological polar surface area (TPSA) is 95.9 Å². The van der Waals surface area contributed by atoms with Crippen LogP contribution in [0.1, 0.15) is 38.7 Å². The number of rotatable bonds is 10. The van der Waals surface area contributed by atoms with E-state index in [2.05, 4.69) is 17.4 Å². The van der Waals surface area contributed by atoms with Crippen LogP contribution in [0.2, 0.25) is 0 Å². The van der Waals surface area contributed by atoms with Crippen molar-refractivity contribution in [2.75, 3.05) is 6.61 Å². The van der Waals surface area contributed by atoms with Crippen LogP contribution in [0.15, 0.2) is 30.3 Å². The molecule has 0 saturated carbocycles. The standard InChI is InChI=1S/C18H27NO5/c1-13(2)16(20)15(17(21)22)19-18(23)24-12-8-4-7-11-14-9-5-3-6-10-14/h3,5-6,9-10,13,15-16,20H,4,7-8,11-12H2,1-2H3,(H,19,23)(H,21,22)/t15-,16+/m1/s1. The number of carboxylic acids is 1. The number of ether oxygens (including phenoxy) is 1. The van der Waals surface area contributed by atoms with Gasteiger partial charge >= 0.3 is 12.1 Å². The number of hydrogen-bond donors (Lipinski definition) is 3. The van der Waals surface area contributed by atoms with E-state index in [1.54, 1.807) is 13.8 Å². The molecule has 1 aromatic carbocycles. The maximum atomic E-state index is 11.6. The summed E-state index contributed by atoms with van der Waals surface area (Å²) in [6.45, 7) is 3.59. The number of hydrogen-bond acceptors (Lipinski definition) is 4. The fourth-order valence-electron chi connectivity index (χ4n) is 2.26. The summed E-state index contributed by atoms with van der Waals surface area (Å²) in [6.07, 6.45) is 1.63. The van der Waals surface area contributed by atoms with Crippen LogP contribution >= 0.6 is 0 Å². The van der Waals surface area contributed by atoms with Crippen molar-refractivity contribution in [2.24, 2.45) is 5.92 Å². The average molecular weight is 337 g/mol. The lowest BCUT2D eigenvalue weighted by Crippen LogP contribution is -2.50. The first-order valence-corrected chi connectivity index (χ1v) is 8.30. The van der Waals surface area contributed by atoms with E-state index >= 15 is 0 Å². The zero-order valence-corrected chi connectivity index (χ0v) is 14.3. The lowest BCUT2D eigenvalue weighted by atomic mass is 10.00. The van der Waals surface area contributed by atoms with Crippen LogP contribution < -0.4 is 5.32 Å². The van der Waals surface area contributed by atoms with Crippen LogP contribution in [-0.4, -0.2) is 41.0 Å². The third-order valence-electron chi connectivity index (χ3n) is 3.75. The first-order chi connectivity index (χ1) is 11.4. The Hall–Kier alpha value is -2.08. The first kappa shape index (κ1) is 20.0. The van der Waals surface area contributed by atoms with Crippen molar-refractivity contribution < 1.29 is 24.5 Å². The predicted octanol–water partition coefficient (Wildman–Crippen LogP) is 2.60. The van der Waals surface area contributed by atoms with Gasteiger partial charge in [0.1, 0.15) is 0 Å². The zero-order chi connectivity index (χ0) is 17.9. The van der Waals surface area contributed by atoms with Gasteiger partial charge in [0.05, 0.1) is 12.7 Å². The van der Waals surface area contributed by atoms with Gasteiger partial charge in [0.2, 0.25) is 0 Å². The quantitative estimate of drug-likeness (QED) is 0.570. The highest BCUT2D eigenvalue weighted by Gasteiger charge is 2.30. The number of aliphatic hydroxyl groups is 1. The largest absolute Gasteiger partial charge is 0.480 e. The normalized spacial score (nSPS) is 13.3. The summed E-state index contributed by atoms with van der Waals surface area (Å²) >= 11 is 0. The monoisotopic (exact) mass is 337 g/mol. The molecule has 0 aromatic heterocycles. The Morgan fingerprint density at radius 2 is 1.79 bits per heavy atom. The van der Waals surface area contributed by atoms with Crippen molar-refractivity contribution in [3.05, 3.63) is 35.9 Å². The van der Waals surface area contributed by atoms with Gasteiger partial charge in [0, 0.05) is 0 Å². The number of carbonyl (C=O) groups is 2. The van der Waals surface area contributed by atoms with Gasteiger partial charge in [0.15, 0.2) is 6.04 Å². The van der Waals surface area contributed by atoms with Gasteiger partial charge in [-0.25, -0.2) is 9.59 Å². The Bertz CT molecular complexity index is 503. The third kappa shape index (κ3) is 7.46. The van der Waals surface area contributed by atoms with E-state index in [0.717, 1.165) is 19.3 Å². The molecule has 24 heavy (non-hydrogen) atoms. The van der Waals surface area contributed by atoms with E-state index in [-0.39, 0.29) is 12.5 Å². The molecule has 1 amide bonds. The molecule has 134 valence electrons. The van der Waals surface area contributed by atoms with Crippen molar-refractivity contribution in [3.63, 3.8) is 0 Å². The summed E-state index contributed by atoms with van der Waals surface area (Å²) in [4.78, 5) is 22.7. The molecule has 1 rings (SSSR count). The first-order valence-electron chi connectivity index (χ1n) is 8.30. The number of aryl methyl sites for hydroxylation is 1. The molecule has 0 aliphatic carbocycles. The predicted molar refractivity (Wildman–Crippen MR) is 90.7 cm³/mol. The lowest BCUT2D eigenvalue weighted by Gasteiger charge is -2.22. The Balaban J connectivity index is 2.19. The van der Waals surface area contributed by atoms with Crippen molar-refractivity contribution >= 4 is 12.1 Å². The Kier molecular flexibility index (Phi) is 8.86. The van der Waals surface area contributed by atoms with Crippen LogP contribution in [0.5, 0.6) is 0 Å². The summed E-state index contributed by atoms with van der Waals surface area (Å²) in [5, 5.41) is 21.1. The Morgan fingerprint density at radius 1 is 1.12 bits per heavy atom. The molecule has 0 aliphatic heterocycles. The Morgan fingerprint density at radius 3 is 2.38 bits per heavy atom. The van der Waals surface area contributed by atoms with Crippen molar-refractivity contribution in [1.29, 1.82) is 0 Å². The highest BCUT2D eigenvalue weighted by Crippen LogP contribution is 2.08. The molecular weight excluding hydrogens is 310 g/mol. The smallest absolute Gasteiger partial charge is 0.407 e. The summed E-state index contributed by atoms with van der Waals surface area (Å²) < 4.78 is 4.98. The van der Waals surface area contributed by atoms with E-state index in [0.29, 0.717) is 6.42 Å². The molecule has 0 spiro atoms. The molecule has 0 aliphatic rings. The second kappa shape index (κ2) is 10.6. The van der Waals surface area contributed by atoms with Gasteiger partial charge < -0.3 is 20.3 Å². The van der Waals surface area contributed by atoms with Gasteiger partial charge in [-0.15, -0.1) is 0 Å². The minimum atomic E-state index is -1.37. The van der Waals surface area contributed by atoms with Gasteiger partial charge in [-0.05, 0) is 37.2 Å². The zero-order valence-electron chi connectivity index (χ0n) is 14.3. The number of alkyl carbamates (subject to hydrolysis) is 1. The second-order valence-electron chi connectivity index (χ2n) is 6.13. The Labute approximate surface area is 142 Å². The minimum Gasteiger partial charge on any atom is -0.480 e. The minimum absolute atomic E-state index is 0.227. The number of unbranched alkanes of at least 4 members (excludes halogenated alkanes) is 2. The SMILES string of the molecule is CC(C)[C@H](O)[C@@H](NC(=O)OCCCCCc1ccccc1)C(=O)O. The summed E-state index contributed by atoms with van der Waals surface area (Å²) in [5.41, 5.74) is 1.28. The van der Waals surface area contributed by atoms with Crippen LogP contribution in [0.4, 0.5) is 4.79 Å². The van der Waals surface area contributed by atoms with E-state index in [1.165, 1.54) is 5.56 Å². The van der Waals surface area contributed by atoms with E-state index in [4.69, 9.17) is 9.84 Å². The summed E-state index contributed by atoms with van der Waals surface area (Å²) in [6, 6.07) is 8.79. The van der Waals surface area contributed by atoms with E-state index in [9.17, 15) is 14.7 Å².